The van der Waals surface area contributed by atoms with Gasteiger partial charge < -0.3 is 5.73 Å². The molecule has 0 saturated heterocycles. The van der Waals surface area contributed by atoms with Gasteiger partial charge in [-0.1, -0.05) is 24.3 Å². The first-order chi connectivity index (χ1) is 6.66. The van der Waals surface area contributed by atoms with Crippen LogP contribution >= 0.6 is 11.6 Å². The molecule has 0 aliphatic heterocycles. The van der Waals surface area contributed by atoms with Crippen LogP contribution in [0.2, 0.25) is 0 Å². The second-order valence-corrected chi connectivity index (χ2v) is 3.07. The first-order valence-electron chi connectivity index (χ1n) is 4.13. The molecule has 4 heteroatoms. The van der Waals surface area contributed by atoms with E-state index in [4.69, 9.17) is 17.3 Å². The maximum atomic E-state index is 11.3. The van der Waals surface area contributed by atoms with Crippen LogP contribution in [0.4, 0.5) is 0 Å². The molecular weight excluding hydrogens is 202 g/mol. The molecule has 0 aromatic carbocycles. The average Bonchev–Trinajstić information content (AvgIpc) is 2.40. The van der Waals surface area contributed by atoms with Crippen LogP contribution in [0, 0.1) is 0 Å². The van der Waals surface area contributed by atoms with Crippen molar-refractivity contribution in [2.75, 3.05) is 5.88 Å². The maximum Gasteiger partial charge on any atom is 0.289 e. The number of hydrogen-bond donors (Lipinski definition) is 1. The minimum atomic E-state index is -0.950. The molecule has 3 nitrogen and oxygen atoms in total. The fraction of sp³-hybridized carbons (Fsp3) is 0.200. The zero-order chi connectivity index (χ0) is 10.6. The summed E-state index contributed by atoms with van der Waals surface area (Å²) >= 11 is 5.65. The van der Waals surface area contributed by atoms with Crippen LogP contribution < -0.4 is 5.73 Å². The van der Waals surface area contributed by atoms with Crippen LogP contribution in [0.15, 0.2) is 35.5 Å². The quantitative estimate of drug-likeness (QED) is 0.561. The number of amides is 1. The molecule has 1 rings (SSSR count). The van der Waals surface area contributed by atoms with Crippen LogP contribution in [0.5, 0.6) is 0 Å². The largest absolute Gasteiger partial charge is 0.363 e. The SMILES string of the molecule is NC(=O)C(=O)C1=CCC=CC=C1CCl. The van der Waals surface area contributed by atoms with Gasteiger partial charge in [0.15, 0.2) is 0 Å². The Morgan fingerprint density at radius 3 is 2.79 bits per heavy atom. The van der Waals surface area contributed by atoms with E-state index in [0.29, 0.717) is 17.6 Å². The monoisotopic (exact) mass is 211 g/mol. The average molecular weight is 212 g/mol. The number of nitrogens with two attached hydrogens (primary N) is 1. The van der Waals surface area contributed by atoms with Crippen molar-refractivity contribution >= 4 is 23.3 Å². The van der Waals surface area contributed by atoms with Crippen molar-refractivity contribution in [2.24, 2.45) is 5.73 Å². The van der Waals surface area contributed by atoms with Crippen molar-refractivity contribution in [3.8, 4) is 0 Å². The Labute approximate surface area is 86.9 Å². The van der Waals surface area contributed by atoms with Crippen LogP contribution in [0.25, 0.3) is 0 Å². The van der Waals surface area contributed by atoms with E-state index < -0.39 is 11.7 Å². The number of allylic oxidation sites excluding steroid dienone is 5. The summed E-state index contributed by atoms with van der Waals surface area (Å²) in [5.41, 5.74) is 5.86. The lowest BCUT2D eigenvalue weighted by atomic mass is 10.0. The number of carbonyl (C=O) groups is 2. The van der Waals surface area contributed by atoms with Gasteiger partial charge in [-0.2, -0.15) is 0 Å². The number of alkyl halides is 1. The highest BCUT2D eigenvalue weighted by Crippen LogP contribution is 2.17. The molecule has 1 aliphatic rings. The zero-order valence-corrected chi connectivity index (χ0v) is 8.25. The van der Waals surface area contributed by atoms with Gasteiger partial charge in [-0.25, -0.2) is 0 Å². The van der Waals surface area contributed by atoms with E-state index in [1.54, 1.807) is 18.2 Å². The molecule has 0 fully saturated rings. The van der Waals surface area contributed by atoms with Gasteiger partial charge in [0.1, 0.15) is 0 Å². The molecule has 74 valence electrons. The molecule has 0 saturated carbocycles. The maximum absolute atomic E-state index is 11.3. The minimum Gasteiger partial charge on any atom is -0.363 e. The summed E-state index contributed by atoms with van der Waals surface area (Å²) in [5, 5.41) is 0. The van der Waals surface area contributed by atoms with E-state index in [1.165, 1.54) is 0 Å². The Morgan fingerprint density at radius 2 is 2.21 bits per heavy atom. The van der Waals surface area contributed by atoms with Crippen LogP contribution in [-0.2, 0) is 9.59 Å². The van der Waals surface area contributed by atoms with Crippen molar-refractivity contribution in [3.05, 3.63) is 35.5 Å². The van der Waals surface area contributed by atoms with Gasteiger partial charge in [-0.05, 0) is 12.0 Å². The molecular formula is C10H10ClNO2. The molecule has 0 heterocycles. The topological polar surface area (TPSA) is 60.2 Å². The summed E-state index contributed by atoms with van der Waals surface area (Å²) in [4.78, 5) is 22.1. The Bertz CT molecular complexity index is 353. The minimum absolute atomic E-state index is 0.190. The first-order valence-corrected chi connectivity index (χ1v) is 4.66. The fourth-order valence-corrected chi connectivity index (χ4v) is 1.39. The van der Waals surface area contributed by atoms with Gasteiger partial charge in [0, 0.05) is 11.5 Å². The molecule has 0 aromatic rings. The van der Waals surface area contributed by atoms with Crippen LogP contribution in [-0.4, -0.2) is 17.6 Å². The molecule has 0 radical (unpaired) electrons. The highest BCUT2D eigenvalue weighted by Gasteiger charge is 2.18. The van der Waals surface area contributed by atoms with Gasteiger partial charge in [0.25, 0.3) is 5.91 Å². The summed E-state index contributed by atoms with van der Waals surface area (Å²) in [6.07, 6.45) is 7.64. The Kier molecular flexibility index (Phi) is 3.65. The third-order valence-electron chi connectivity index (χ3n) is 1.85. The van der Waals surface area contributed by atoms with E-state index in [1.807, 2.05) is 6.08 Å². The molecule has 0 atom stereocenters. The third-order valence-corrected chi connectivity index (χ3v) is 2.14. The number of primary amides is 1. The fourth-order valence-electron chi connectivity index (χ4n) is 1.16. The summed E-state index contributed by atoms with van der Waals surface area (Å²) in [6.45, 7) is 0. The predicted octanol–water partition coefficient (Wildman–Crippen LogP) is 1.09. The summed E-state index contributed by atoms with van der Waals surface area (Å²) in [5.74, 6) is -1.44. The molecule has 0 aromatic heterocycles. The lowest BCUT2D eigenvalue weighted by Gasteiger charge is -2.04. The predicted molar refractivity (Wildman–Crippen MR) is 54.8 cm³/mol. The smallest absolute Gasteiger partial charge is 0.289 e. The van der Waals surface area contributed by atoms with Crippen molar-refractivity contribution < 1.29 is 9.59 Å². The normalized spacial score (nSPS) is 15.5. The molecule has 14 heavy (non-hydrogen) atoms. The molecule has 0 unspecified atom stereocenters. The van der Waals surface area contributed by atoms with Gasteiger partial charge in [0.05, 0.1) is 0 Å². The van der Waals surface area contributed by atoms with E-state index in [9.17, 15) is 9.59 Å². The Morgan fingerprint density at radius 1 is 1.50 bits per heavy atom. The first kappa shape index (κ1) is 10.7. The third kappa shape index (κ3) is 2.33. The Balaban J connectivity index is 3.02. The standard InChI is InChI=1S/C10H10ClNO2/c11-6-7-4-2-1-3-5-8(7)9(13)10(12)14/h1-2,4-5H,3,6H2,(H2,12,14). The van der Waals surface area contributed by atoms with Crippen molar-refractivity contribution in [3.63, 3.8) is 0 Å². The molecule has 1 aliphatic carbocycles. The highest BCUT2D eigenvalue weighted by molar-refractivity contribution is 6.43. The van der Waals surface area contributed by atoms with Gasteiger partial charge in [-0.3, -0.25) is 9.59 Å². The van der Waals surface area contributed by atoms with Gasteiger partial charge >= 0.3 is 0 Å². The number of hydrogen-bond acceptors (Lipinski definition) is 2. The highest BCUT2D eigenvalue weighted by atomic mass is 35.5. The van der Waals surface area contributed by atoms with Crippen molar-refractivity contribution in [1.29, 1.82) is 0 Å². The van der Waals surface area contributed by atoms with Crippen LogP contribution in [0.1, 0.15) is 6.42 Å². The van der Waals surface area contributed by atoms with E-state index >= 15 is 0 Å². The number of carbonyl (C=O) groups excluding carboxylic acids is 2. The van der Waals surface area contributed by atoms with E-state index in [-0.39, 0.29) is 5.88 Å². The van der Waals surface area contributed by atoms with Crippen LogP contribution in [0.3, 0.4) is 0 Å². The van der Waals surface area contributed by atoms with Crippen molar-refractivity contribution in [1.82, 2.24) is 0 Å². The summed E-state index contributed by atoms with van der Waals surface area (Å²) in [7, 11) is 0. The zero-order valence-electron chi connectivity index (χ0n) is 7.50. The molecule has 2 N–H and O–H groups in total. The lowest BCUT2D eigenvalue weighted by Crippen LogP contribution is -2.25. The van der Waals surface area contributed by atoms with Gasteiger partial charge in [0.2, 0.25) is 5.78 Å². The van der Waals surface area contributed by atoms with E-state index in [0.717, 1.165) is 0 Å². The second-order valence-electron chi connectivity index (χ2n) is 2.80. The molecule has 0 bridgehead atoms. The number of Topliss-reactive ketones (excluding diaryl/α,β-unsaturated/α-hetero) is 1. The Hall–Kier alpha value is -1.35. The molecule has 0 spiro atoms. The van der Waals surface area contributed by atoms with E-state index in [2.05, 4.69) is 0 Å². The second kappa shape index (κ2) is 4.77. The van der Waals surface area contributed by atoms with Gasteiger partial charge in [-0.15, -0.1) is 11.6 Å². The number of halogens is 1. The lowest BCUT2D eigenvalue weighted by molar-refractivity contribution is -0.133. The summed E-state index contributed by atoms with van der Waals surface area (Å²) < 4.78 is 0. The number of ketones is 1. The molecule has 1 amide bonds. The van der Waals surface area contributed by atoms with Crippen molar-refractivity contribution in [2.45, 2.75) is 6.42 Å². The number of rotatable bonds is 3. The summed E-state index contributed by atoms with van der Waals surface area (Å²) in [6, 6.07) is 0.